The van der Waals surface area contributed by atoms with Crippen LogP contribution in [-0.2, 0) is 23.0 Å². The lowest BCUT2D eigenvalue weighted by atomic mass is 9.71. The Balaban J connectivity index is 1.45. The lowest BCUT2D eigenvalue weighted by molar-refractivity contribution is 0.0184. The van der Waals surface area contributed by atoms with Crippen LogP contribution in [-0.4, -0.2) is 39.7 Å². The summed E-state index contributed by atoms with van der Waals surface area (Å²) in [5.74, 6) is 1.17. The average Bonchev–Trinajstić information content (AvgIpc) is 2.66. The minimum atomic E-state index is -0.445. The fourth-order valence-corrected chi connectivity index (χ4v) is 4.97. The normalized spacial score (nSPS) is 18.3. The molecule has 0 saturated carbocycles. The summed E-state index contributed by atoms with van der Waals surface area (Å²) in [4.78, 5) is 23.0. The number of piperidine rings is 1. The molecule has 2 heterocycles. The molecule has 2 aromatic rings. The molecule has 1 aliphatic carbocycles. The van der Waals surface area contributed by atoms with E-state index in [0.717, 1.165) is 50.0 Å². The highest BCUT2D eigenvalue weighted by Gasteiger charge is 2.34. The van der Waals surface area contributed by atoms with E-state index in [1.165, 1.54) is 16.7 Å². The zero-order chi connectivity index (χ0) is 22.4. The van der Waals surface area contributed by atoms with Crippen LogP contribution in [0, 0.1) is 5.92 Å². The predicted molar refractivity (Wildman–Crippen MR) is 123 cm³/mol. The van der Waals surface area contributed by atoms with E-state index in [9.17, 15) is 4.79 Å². The summed E-state index contributed by atoms with van der Waals surface area (Å²) in [5, 5.41) is 0. The molecule has 0 spiro atoms. The first-order valence-electron chi connectivity index (χ1n) is 11.2. The van der Waals surface area contributed by atoms with Gasteiger partial charge < -0.3 is 15.4 Å². The number of ether oxygens (including phenoxy) is 1. The third kappa shape index (κ3) is 4.53. The van der Waals surface area contributed by atoms with Crippen molar-refractivity contribution in [2.75, 3.05) is 18.8 Å². The van der Waals surface area contributed by atoms with Crippen LogP contribution in [0.2, 0.25) is 0 Å². The Hall–Kier alpha value is -2.63. The number of amides is 1. The summed E-state index contributed by atoms with van der Waals surface area (Å²) in [5.41, 5.74) is 11.6. The second kappa shape index (κ2) is 7.81. The van der Waals surface area contributed by atoms with E-state index in [4.69, 9.17) is 10.5 Å². The Bertz CT molecular complexity index is 986. The quantitative estimate of drug-likeness (QED) is 0.755. The fourth-order valence-electron chi connectivity index (χ4n) is 4.97. The van der Waals surface area contributed by atoms with E-state index in [1.807, 2.05) is 25.7 Å². The van der Waals surface area contributed by atoms with Crippen LogP contribution in [0.15, 0.2) is 24.5 Å². The molecule has 6 nitrogen and oxygen atoms in total. The molecular weight excluding hydrogens is 388 g/mol. The summed E-state index contributed by atoms with van der Waals surface area (Å²) in [6.07, 6.45) is 5.35. The van der Waals surface area contributed by atoms with Crippen molar-refractivity contribution in [3.05, 3.63) is 41.2 Å². The van der Waals surface area contributed by atoms with Gasteiger partial charge in [0.25, 0.3) is 0 Å². The van der Waals surface area contributed by atoms with Crippen molar-refractivity contribution in [2.45, 2.75) is 71.3 Å². The summed E-state index contributed by atoms with van der Waals surface area (Å²) in [7, 11) is 0. The van der Waals surface area contributed by atoms with E-state index >= 15 is 0 Å². The molecule has 2 aliphatic rings. The molecular formula is C25H34N4O2. The number of hydrogen-bond donors (Lipinski definition) is 1. The highest BCUT2D eigenvalue weighted by Crippen LogP contribution is 2.44. The molecule has 1 saturated heterocycles. The van der Waals surface area contributed by atoms with Crippen LogP contribution in [0.5, 0.6) is 0 Å². The highest BCUT2D eigenvalue weighted by atomic mass is 16.6. The molecule has 166 valence electrons. The molecule has 0 radical (unpaired) electrons. The van der Waals surface area contributed by atoms with Crippen molar-refractivity contribution in [1.82, 2.24) is 14.9 Å². The maximum absolute atomic E-state index is 12.3. The van der Waals surface area contributed by atoms with Gasteiger partial charge in [-0.05, 0) is 68.9 Å². The molecule has 4 rings (SSSR count). The topological polar surface area (TPSA) is 81.3 Å². The van der Waals surface area contributed by atoms with Gasteiger partial charge in [-0.2, -0.15) is 0 Å². The summed E-state index contributed by atoms with van der Waals surface area (Å²) >= 11 is 0. The number of anilines is 1. The fraction of sp³-hybridized carbons (Fsp3) is 0.560. The van der Waals surface area contributed by atoms with E-state index in [-0.39, 0.29) is 11.5 Å². The number of benzene rings is 1. The van der Waals surface area contributed by atoms with Crippen molar-refractivity contribution in [2.24, 2.45) is 5.92 Å². The molecule has 1 amide bonds. The number of nitrogens with zero attached hydrogens (tertiary/aromatic N) is 3. The zero-order valence-electron chi connectivity index (χ0n) is 19.4. The Morgan fingerprint density at radius 1 is 1.23 bits per heavy atom. The minimum Gasteiger partial charge on any atom is -0.444 e. The smallest absolute Gasteiger partial charge is 0.410 e. The van der Waals surface area contributed by atoms with Gasteiger partial charge in [-0.1, -0.05) is 32.0 Å². The van der Waals surface area contributed by atoms with Crippen LogP contribution in [0.1, 0.15) is 64.2 Å². The number of carbonyl (C=O) groups excluding carboxylic acids is 1. The van der Waals surface area contributed by atoms with Crippen molar-refractivity contribution in [1.29, 1.82) is 0 Å². The SMILES string of the molecule is CC(C)(C)OC(=O)N1CCC(Cc2ccc3c(c2)CC(C)(C)c2c(N)ncnc2-3)CC1. The maximum atomic E-state index is 12.3. The molecule has 1 aromatic heterocycles. The number of rotatable bonds is 2. The van der Waals surface area contributed by atoms with E-state index in [2.05, 4.69) is 42.0 Å². The Morgan fingerprint density at radius 3 is 2.61 bits per heavy atom. The zero-order valence-corrected chi connectivity index (χ0v) is 19.4. The van der Waals surface area contributed by atoms with Crippen LogP contribution >= 0.6 is 0 Å². The molecule has 0 unspecified atom stereocenters. The molecule has 2 N–H and O–H groups in total. The average molecular weight is 423 g/mol. The van der Waals surface area contributed by atoms with Gasteiger partial charge in [-0.3, -0.25) is 0 Å². The van der Waals surface area contributed by atoms with Crippen LogP contribution < -0.4 is 5.73 Å². The van der Waals surface area contributed by atoms with E-state index < -0.39 is 5.60 Å². The van der Waals surface area contributed by atoms with Crippen LogP contribution in [0.25, 0.3) is 11.3 Å². The molecule has 6 heteroatoms. The van der Waals surface area contributed by atoms with Gasteiger partial charge in [0.15, 0.2) is 0 Å². The maximum Gasteiger partial charge on any atom is 0.410 e. The number of likely N-dealkylation sites (tertiary alicyclic amines) is 1. The van der Waals surface area contributed by atoms with Gasteiger partial charge in [-0.25, -0.2) is 14.8 Å². The van der Waals surface area contributed by atoms with Crippen molar-refractivity contribution in [3.8, 4) is 11.3 Å². The second-order valence-corrected chi connectivity index (χ2v) is 10.6. The molecule has 0 atom stereocenters. The van der Waals surface area contributed by atoms with Crippen LogP contribution in [0.3, 0.4) is 0 Å². The Kier molecular flexibility index (Phi) is 5.44. The number of nitrogen functional groups attached to an aromatic ring is 1. The first-order chi connectivity index (χ1) is 14.5. The van der Waals surface area contributed by atoms with Crippen molar-refractivity contribution >= 4 is 11.9 Å². The largest absolute Gasteiger partial charge is 0.444 e. The molecule has 31 heavy (non-hydrogen) atoms. The number of fused-ring (bicyclic) bond motifs is 3. The van der Waals surface area contributed by atoms with E-state index in [1.54, 1.807) is 6.33 Å². The number of carbonyl (C=O) groups is 1. The lowest BCUT2D eigenvalue weighted by Crippen LogP contribution is -2.42. The number of hydrogen-bond acceptors (Lipinski definition) is 5. The third-order valence-corrected chi connectivity index (χ3v) is 6.40. The van der Waals surface area contributed by atoms with Gasteiger partial charge in [0.2, 0.25) is 0 Å². The molecule has 1 aliphatic heterocycles. The van der Waals surface area contributed by atoms with E-state index in [0.29, 0.717) is 11.7 Å². The monoisotopic (exact) mass is 422 g/mol. The molecule has 0 bridgehead atoms. The second-order valence-electron chi connectivity index (χ2n) is 10.6. The lowest BCUT2D eigenvalue weighted by Gasteiger charge is -2.35. The Labute approximate surface area is 185 Å². The number of nitrogens with two attached hydrogens (primary N) is 1. The molecule has 1 aromatic carbocycles. The van der Waals surface area contributed by atoms with Gasteiger partial charge in [-0.15, -0.1) is 0 Å². The Morgan fingerprint density at radius 2 is 1.94 bits per heavy atom. The molecule has 1 fully saturated rings. The first-order valence-corrected chi connectivity index (χ1v) is 11.2. The predicted octanol–water partition coefficient (Wildman–Crippen LogP) is 4.75. The summed E-state index contributed by atoms with van der Waals surface area (Å²) in [6.45, 7) is 11.7. The van der Waals surface area contributed by atoms with Gasteiger partial charge in [0, 0.05) is 24.2 Å². The summed E-state index contributed by atoms with van der Waals surface area (Å²) in [6, 6.07) is 6.76. The third-order valence-electron chi connectivity index (χ3n) is 6.40. The highest BCUT2D eigenvalue weighted by molar-refractivity contribution is 5.75. The van der Waals surface area contributed by atoms with Crippen molar-refractivity contribution < 1.29 is 9.53 Å². The first kappa shape index (κ1) is 21.6. The van der Waals surface area contributed by atoms with Gasteiger partial charge >= 0.3 is 6.09 Å². The standard InChI is InChI=1S/C25H34N4O2/c1-24(2,3)31-23(30)29-10-8-16(9-11-29)12-17-6-7-19-18(13-17)14-25(4,5)20-21(19)27-15-28-22(20)26/h6-7,13,15-16H,8-12,14H2,1-5H3,(H2,26,27,28). The minimum absolute atomic E-state index is 0.0922. The van der Waals surface area contributed by atoms with Crippen molar-refractivity contribution in [3.63, 3.8) is 0 Å². The number of aromatic nitrogens is 2. The van der Waals surface area contributed by atoms with Gasteiger partial charge in [0.05, 0.1) is 5.69 Å². The van der Waals surface area contributed by atoms with Crippen LogP contribution in [0.4, 0.5) is 10.6 Å². The summed E-state index contributed by atoms with van der Waals surface area (Å²) < 4.78 is 5.52. The van der Waals surface area contributed by atoms with Gasteiger partial charge in [0.1, 0.15) is 17.7 Å².